The van der Waals surface area contributed by atoms with E-state index in [1.807, 2.05) is 12.1 Å². The van der Waals surface area contributed by atoms with Crippen molar-refractivity contribution in [3.8, 4) is 0 Å². The lowest BCUT2D eigenvalue weighted by atomic mass is 10.1. The van der Waals surface area contributed by atoms with E-state index in [4.69, 9.17) is 11.6 Å². The van der Waals surface area contributed by atoms with Gasteiger partial charge in [0.05, 0.1) is 5.75 Å². The van der Waals surface area contributed by atoms with Crippen molar-refractivity contribution >= 4 is 57.3 Å². The molecule has 6 nitrogen and oxygen atoms in total. The number of carbonyl (C=O) groups is 2. The fourth-order valence-corrected chi connectivity index (χ4v) is 4.96. The Kier molecular flexibility index (Phi) is 6.84. The monoisotopic (exact) mass is 476 g/mol. The first kappa shape index (κ1) is 21.7. The number of anilines is 2. The van der Waals surface area contributed by atoms with Gasteiger partial charge in [-0.25, -0.2) is 4.39 Å². The Morgan fingerprint density at radius 3 is 2.68 bits per heavy atom. The molecule has 4 rings (SSSR count). The highest BCUT2D eigenvalue weighted by molar-refractivity contribution is 7.99. The lowest BCUT2D eigenvalue weighted by Gasteiger charge is -2.16. The Hall–Kier alpha value is -2.49. The standard InChI is InChI=1S/C21H18ClFN4O2S2/c22-15-3-7-17(8-4-15)27-10-14(9-19(27)29)20-25-26-21(31-20)24-18(28)12-30-11-13-1-5-16(23)6-2-13/h1-8,14H,9-12H2,(H,24,26,28). The molecule has 1 atom stereocenters. The molecule has 1 saturated heterocycles. The van der Waals surface area contributed by atoms with E-state index in [0.29, 0.717) is 28.9 Å². The Labute approximate surface area is 191 Å². The lowest BCUT2D eigenvalue weighted by molar-refractivity contribution is -0.117. The molecule has 3 aromatic rings. The molecular weight excluding hydrogens is 459 g/mol. The number of benzene rings is 2. The van der Waals surface area contributed by atoms with Gasteiger partial charge in [0.15, 0.2) is 0 Å². The Balaban J connectivity index is 1.29. The number of nitrogens with one attached hydrogen (secondary N) is 1. The van der Waals surface area contributed by atoms with Crippen molar-refractivity contribution in [1.82, 2.24) is 10.2 Å². The second kappa shape index (κ2) is 9.76. The maximum absolute atomic E-state index is 12.9. The summed E-state index contributed by atoms with van der Waals surface area (Å²) in [5, 5.41) is 12.7. The molecule has 10 heteroatoms. The van der Waals surface area contributed by atoms with Gasteiger partial charge in [-0.3, -0.25) is 14.9 Å². The molecule has 1 aliphatic heterocycles. The first-order valence-corrected chi connectivity index (χ1v) is 11.8. The molecule has 1 unspecified atom stereocenters. The summed E-state index contributed by atoms with van der Waals surface area (Å²) in [6.07, 6.45) is 0.346. The normalized spacial score (nSPS) is 16.0. The van der Waals surface area contributed by atoms with Crippen molar-refractivity contribution < 1.29 is 14.0 Å². The topological polar surface area (TPSA) is 75.2 Å². The molecule has 0 bridgehead atoms. The molecule has 31 heavy (non-hydrogen) atoms. The summed E-state index contributed by atoms with van der Waals surface area (Å²) in [6.45, 7) is 0.510. The van der Waals surface area contributed by atoms with Gasteiger partial charge >= 0.3 is 0 Å². The van der Waals surface area contributed by atoms with E-state index in [2.05, 4.69) is 15.5 Å². The number of rotatable bonds is 7. The first-order valence-electron chi connectivity index (χ1n) is 9.49. The highest BCUT2D eigenvalue weighted by atomic mass is 35.5. The maximum Gasteiger partial charge on any atom is 0.236 e. The average Bonchev–Trinajstić information content (AvgIpc) is 3.37. The third-order valence-corrected chi connectivity index (χ3v) is 6.97. The summed E-state index contributed by atoms with van der Waals surface area (Å²) in [6, 6.07) is 13.4. The molecular formula is C21H18ClFN4O2S2. The van der Waals surface area contributed by atoms with Crippen LogP contribution in [0.3, 0.4) is 0 Å². The van der Waals surface area contributed by atoms with Crippen molar-refractivity contribution in [1.29, 1.82) is 0 Å². The van der Waals surface area contributed by atoms with E-state index in [1.54, 1.807) is 29.2 Å². The Morgan fingerprint density at radius 1 is 1.19 bits per heavy atom. The molecule has 160 valence electrons. The predicted octanol–water partition coefficient (Wildman–Crippen LogP) is 4.72. The van der Waals surface area contributed by atoms with E-state index in [9.17, 15) is 14.0 Å². The van der Waals surface area contributed by atoms with E-state index >= 15 is 0 Å². The molecule has 2 aromatic carbocycles. The molecule has 0 saturated carbocycles. The number of nitrogens with zero attached hydrogens (tertiary/aromatic N) is 3. The minimum Gasteiger partial charge on any atom is -0.312 e. The fraction of sp³-hybridized carbons (Fsp3) is 0.238. The van der Waals surface area contributed by atoms with Gasteiger partial charge in [-0.1, -0.05) is 35.1 Å². The van der Waals surface area contributed by atoms with Crippen LogP contribution in [0.25, 0.3) is 0 Å². The van der Waals surface area contributed by atoms with Crippen molar-refractivity contribution in [2.75, 3.05) is 22.5 Å². The summed E-state index contributed by atoms with van der Waals surface area (Å²) in [5.74, 6) is 0.349. The van der Waals surface area contributed by atoms with Gasteiger partial charge < -0.3 is 4.90 Å². The minimum absolute atomic E-state index is 0.0188. The molecule has 0 aliphatic carbocycles. The summed E-state index contributed by atoms with van der Waals surface area (Å²) in [4.78, 5) is 26.3. The van der Waals surface area contributed by atoms with Gasteiger partial charge in [0.2, 0.25) is 16.9 Å². The molecule has 1 N–H and O–H groups in total. The van der Waals surface area contributed by atoms with Gasteiger partial charge in [-0.2, -0.15) is 0 Å². The van der Waals surface area contributed by atoms with Crippen LogP contribution < -0.4 is 10.2 Å². The highest BCUT2D eigenvalue weighted by Crippen LogP contribution is 2.34. The van der Waals surface area contributed by atoms with Crippen molar-refractivity contribution in [2.45, 2.75) is 18.1 Å². The largest absolute Gasteiger partial charge is 0.312 e. The van der Waals surface area contributed by atoms with Gasteiger partial charge in [-0.15, -0.1) is 22.0 Å². The minimum atomic E-state index is -0.279. The van der Waals surface area contributed by atoms with Crippen LogP contribution in [-0.2, 0) is 15.3 Å². The van der Waals surface area contributed by atoms with E-state index < -0.39 is 0 Å². The molecule has 0 radical (unpaired) electrons. The Morgan fingerprint density at radius 2 is 1.94 bits per heavy atom. The number of hydrogen-bond donors (Lipinski definition) is 1. The third-order valence-electron chi connectivity index (χ3n) is 4.71. The van der Waals surface area contributed by atoms with E-state index in [1.165, 1.54) is 35.2 Å². The molecule has 1 aliphatic rings. The number of amides is 2. The van der Waals surface area contributed by atoms with Crippen molar-refractivity contribution in [2.24, 2.45) is 0 Å². The first-order chi connectivity index (χ1) is 15.0. The average molecular weight is 477 g/mol. The van der Waals surface area contributed by atoms with Crippen molar-refractivity contribution in [3.63, 3.8) is 0 Å². The smallest absolute Gasteiger partial charge is 0.236 e. The van der Waals surface area contributed by atoms with Gasteiger partial charge in [-0.05, 0) is 42.0 Å². The number of carbonyl (C=O) groups excluding carboxylic acids is 2. The van der Waals surface area contributed by atoms with Crippen LogP contribution in [-0.4, -0.2) is 34.3 Å². The predicted molar refractivity (Wildman–Crippen MR) is 122 cm³/mol. The molecule has 2 amide bonds. The SMILES string of the molecule is O=C(CSCc1ccc(F)cc1)Nc1nnc(C2CC(=O)N(c3ccc(Cl)cc3)C2)s1. The Bertz CT molecular complexity index is 1080. The van der Waals surface area contributed by atoms with Crippen molar-refractivity contribution in [3.05, 3.63) is 69.9 Å². The van der Waals surface area contributed by atoms with Crippen LogP contribution in [0.15, 0.2) is 48.5 Å². The zero-order chi connectivity index (χ0) is 21.8. The van der Waals surface area contributed by atoms with Gasteiger partial charge in [0.1, 0.15) is 10.8 Å². The van der Waals surface area contributed by atoms with Crippen LogP contribution in [0.4, 0.5) is 15.2 Å². The second-order valence-corrected chi connectivity index (χ2v) is 9.43. The fourth-order valence-electron chi connectivity index (χ4n) is 3.19. The highest BCUT2D eigenvalue weighted by Gasteiger charge is 2.34. The quantitative estimate of drug-likeness (QED) is 0.534. The molecule has 2 heterocycles. The molecule has 0 spiro atoms. The number of hydrogen-bond acceptors (Lipinski definition) is 6. The zero-order valence-electron chi connectivity index (χ0n) is 16.3. The summed E-state index contributed by atoms with van der Waals surface area (Å²) in [7, 11) is 0. The number of halogens is 2. The van der Waals surface area contributed by atoms with Crippen LogP contribution in [0.1, 0.15) is 22.9 Å². The summed E-state index contributed by atoms with van der Waals surface area (Å²) < 4.78 is 12.9. The zero-order valence-corrected chi connectivity index (χ0v) is 18.6. The van der Waals surface area contributed by atoms with Crippen LogP contribution in [0.2, 0.25) is 5.02 Å². The molecule has 1 aromatic heterocycles. The van der Waals surface area contributed by atoms with E-state index in [0.717, 1.165) is 16.3 Å². The second-order valence-electron chi connectivity index (χ2n) is 6.99. The number of aromatic nitrogens is 2. The maximum atomic E-state index is 12.9. The summed E-state index contributed by atoms with van der Waals surface area (Å²) >= 11 is 8.64. The third kappa shape index (κ3) is 5.61. The van der Waals surface area contributed by atoms with Gasteiger partial charge in [0, 0.05) is 35.3 Å². The van der Waals surface area contributed by atoms with E-state index in [-0.39, 0.29) is 29.3 Å². The lowest BCUT2D eigenvalue weighted by Crippen LogP contribution is -2.24. The van der Waals surface area contributed by atoms with Crippen LogP contribution in [0.5, 0.6) is 0 Å². The van der Waals surface area contributed by atoms with Gasteiger partial charge in [0.25, 0.3) is 0 Å². The van der Waals surface area contributed by atoms with Crippen LogP contribution in [0, 0.1) is 5.82 Å². The summed E-state index contributed by atoms with van der Waals surface area (Å²) in [5.41, 5.74) is 1.75. The van der Waals surface area contributed by atoms with Crippen LogP contribution >= 0.6 is 34.7 Å². The number of thioether (sulfide) groups is 1. The molecule has 1 fully saturated rings.